The normalized spacial score (nSPS) is 11.1. The van der Waals surface area contributed by atoms with E-state index in [0.717, 1.165) is 5.69 Å². The predicted molar refractivity (Wildman–Crippen MR) is 58.1 cm³/mol. The summed E-state index contributed by atoms with van der Waals surface area (Å²) in [5.41, 5.74) is 5.29. The summed E-state index contributed by atoms with van der Waals surface area (Å²) in [5, 5.41) is 4.13. The summed E-state index contributed by atoms with van der Waals surface area (Å²) in [5.74, 6) is 0.483. The minimum absolute atomic E-state index is 0.483. The largest absolute Gasteiger partial charge is 0.279 e. The molecule has 0 radical (unpaired) electrons. The van der Waals surface area contributed by atoms with Crippen LogP contribution in [0.5, 0.6) is 0 Å². The van der Waals surface area contributed by atoms with Crippen LogP contribution in [0.3, 0.4) is 0 Å². The number of nitrogens with one attached hydrogen (secondary N) is 1. The smallest absolute Gasteiger partial charge is 0.0590 e. The molecule has 0 aliphatic rings. The molecule has 0 unspecified atom stereocenters. The monoisotopic (exact) mass is 176 g/mol. The van der Waals surface area contributed by atoms with E-state index in [4.69, 9.17) is 0 Å². The standard InChI is InChI=1S/C11H16N2/c1-9(2)8-12-13-11-7-5-4-6-10(11)3/h4-9,13H,1-3H3. The Morgan fingerprint density at radius 3 is 2.62 bits per heavy atom. The van der Waals surface area contributed by atoms with Gasteiger partial charge in [0.2, 0.25) is 0 Å². The summed E-state index contributed by atoms with van der Waals surface area (Å²) in [4.78, 5) is 0. The highest BCUT2D eigenvalue weighted by molar-refractivity contribution is 5.62. The molecule has 0 aliphatic carbocycles. The van der Waals surface area contributed by atoms with Crippen LogP contribution in [0.25, 0.3) is 0 Å². The van der Waals surface area contributed by atoms with E-state index in [0.29, 0.717) is 5.92 Å². The second-order valence-corrected chi connectivity index (χ2v) is 3.45. The zero-order valence-electron chi connectivity index (χ0n) is 8.41. The van der Waals surface area contributed by atoms with Crippen LogP contribution in [0.15, 0.2) is 29.4 Å². The van der Waals surface area contributed by atoms with Gasteiger partial charge in [0.1, 0.15) is 0 Å². The molecule has 0 bridgehead atoms. The van der Waals surface area contributed by atoms with Crippen molar-refractivity contribution in [3.8, 4) is 0 Å². The molecule has 1 N–H and O–H groups in total. The third-order valence-corrected chi connectivity index (χ3v) is 1.70. The molecule has 1 rings (SSSR count). The highest BCUT2D eigenvalue weighted by Crippen LogP contribution is 2.12. The van der Waals surface area contributed by atoms with Crippen molar-refractivity contribution in [2.24, 2.45) is 11.0 Å². The Bertz CT molecular complexity index is 290. The number of hydrogen-bond donors (Lipinski definition) is 1. The number of aryl methyl sites for hydroxylation is 1. The lowest BCUT2D eigenvalue weighted by molar-refractivity contribution is 0.904. The van der Waals surface area contributed by atoms with Gasteiger partial charge in [-0.05, 0) is 24.5 Å². The third-order valence-electron chi connectivity index (χ3n) is 1.70. The molecule has 1 aromatic rings. The van der Waals surface area contributed by atoms with Gasteiger partial charge in [-0.15, -0.1) is 0 Å². The van der Waals surface area contributed by atoms with E-state index >= 15 is 0 Å². The Morgan fingerprint density at radius 1 is 1.31 bits per heavy atom. The molecule has 0 aromatic heterocycles. The van der Waals surface area contributed by atoms with E-state index < -0.39 is 0 Å². The van der Waals surface area contributed by atoms with E-state index in [9.17, 15) is 0 Å². The van der Waals surface area contributed by atoms with Gasteiger partial charge in [-0.3, -0.25) is 5.43 Å². The van der Waals surface area contributed by atoms with E-state index in [2.05, 4.69) is 37.4 Å². The van der Waals surface area contributed by atoms with Gasteiger partial charge in [-0.2, -0.15) is 5.10 Å². The Labute approximate surface area is 79.7 Å². The topological polar surface area (TPSA) is 24.4 Å². The van der Waals surface area contributed by atoms with Crippen LogP contribution >= 0.6 is 0 Å². The molecule has 2 nitrogen and oxygen atoms in total. The van der Waals surface area contributed by atoms with Crippen molar-refractivity contribution >= 4 is 11.9 Å². The maximum atomic E-state index is 4.13. The number of nitrogens with zero attached hydrogens (tertiary/aromatic N) is 1. The molecule has 0 aliphatic heterocycles. The molecule has 0 atom stereocenters. The van der Waals surface area contributed by atoms with Gasteiger partial charge >= 0.3 is 0 Å². The van der Waals surface area contributed by atoms with E-state index in [1.165, 1.54) is 5.56 Å². The first kappa shape index (κ1) is 9.78. The van der Waals surface area contributed by atoms with Gasteiger partial charge in [-0.25, -0.2) is 0 Å². The van der Waals surface area contributed by atoms with Gasteiger partial charge in [0.05, 0.1) is 5.69 Å². The second kappa shape index (κ2) is 4.65. The lowest BCUT2D eigenvalue weighted by atomic mass is 10.2. The van der Waals surface area contributed by atoms with Gasteiger partial charge in [0.25, 0.3) is 0 Å². The van der Waals surface area contributed by atoms with Crippen LogP contribution in [0.4, 0.5) is 5.69 Å². The Kier molecular flexibility index (Phi) is 3.50. The summed E-state index contributed by atoms with van der Waals surface area (Å²) < 4.78 is 0. The molecule has 0 amide bonds. The van der Waals surface area contributed by atoms with E-state index in [1.54, 1.807) is 0 Å². The first-order chi connectivity index (χ1) is 6.20. The van der Waals surface area contributed by atoms with Crippen molar-refractivity contribution in [2.45, 2.75) is 20.8 Å². The zero-order chi connectivity index (χ0) is 9.68. The van der Waals surface area contributed by atoms with Crippen LogP contribution in [-0.2, 0) is 0 Å². The fourth-order valence-electron chi connectivity index (χ4n) is 0.954. The average Bonchev–Trinajstić information content (AvgIpc) is 2.08. The number of benzene rings is 1. The Balaban J connectivity index is 2.59. The van der Waals surface area contributed by atoms with Crippen molar-refractivity contribution in [3.63, 3.8) is 0 Å². The first-order valence-corrected chi connectivity index (χ1v) is 4.55. The lowest BCUT2D eigenvalue weighted by Crippen LogP contribution is -1.95. The number of hydrogen-bond acceptors (Lipinski definition) is 2. The molecule has 0 heterocycles. The van der Waals surface area contributed by atoms with Gasteiger partial charge in [0.15, 0.2) is 0 Å². The average molecular weight is 176 g/mol. The molecule has 1 aromatic carbocycles. The molecule has 0 saturated heterocycles. The minimum Gasteiger partial charge on any atom is -0.279 e. The number of para-hydroxylation sites is 1. The molecule has 0 fully saturated rings. The highest BCUT2D eigenvalue weighted by atomic mass is 15.3. The molecule has 13 heavy (non-hydrogen) atoms. The summed E-state index contributed by atoms with van der Waals surface area (Å²) in [6, 6.07) is 8.10. The number of hydrazone groups is 1. The quantitative estimate of drug-likeness (QED) is 0.555. The summed E-state index contributed by atoms with van der Waals surface area (Å²) in [6.45, 7) is 6.26. The van der Waals surface area contributed by atoms with Gasteiger partial charge in [-0.1, -0.05) is 32.0 Å². The van der Waals surface area contributed by atoms with Crippen molar-refractivity contribution in [1.82, 2.24) is 0 Å². The number of anilines is 1. The first-order valence-electron chi connectivity index (χ1n) is 4.55. The molecule has 70 valence electrons. The number of rotatable bonds is 3. The van der Waals surface area contributed by atoms with Crippen molar-refractivity contribution < 1.29 is 0 Å². The van der Waals surface area contributed by atoms with Crippen LogP contribution in [0.1, 0.15) is 19.4 Å². The summed E-state index contributed by atoms with van der Waals surface area (Å²) in [6.07, 6.45) is 1.90. The Morgan fingerprint density at radius 2 is 2.00 bits per heavy atom. The van der Waals surface area contributed by atoms with E-state index in [-0.39, 0.29) is 0 Å². The van der Waals surface area contributed by atoms with Crippen molar-refractivity contribution in [2.75, 3.05) is 5.43 Å². The SMILES string of the molecule is Cc1ccccc1NN=CC(C)C. The van der Waals surface area contributed by atoms with Crippen molar-refractivity contribution in [1.29, 1.82) is 0 Å². The maximum absolute atomic E-state index is 4.13. The van der Waals surface area contributed by atoms with E-state index in [1.807, 2.05) is 24.4 Å². The second-order valence-electron chi connectivity index (χ2n) is 3.45. The van der Waals surface area contributed by atoms with Crippen LogP contribution in [-0.4, -0.2) is 6.21 Å². The summed E-state index contributed by atoms with van der Waals surface area (Å²) >= 11 is 0. The minimum atomic E-state index is 0.483. The fourth-order valence-corrected chi connectivity index (χ4v) is 0.954. The predicted octanol–water partition coefficient (Wildman–Crippen LogP) is 3.05. The molecule has 0 saturated carbocycles. The highest BCUT2D eigenvalue weighted by Gasteiger charge is 1.92. The molecule has 0 spiro atoms. The zero-order valence-corrected chi connectivity index (χ0v) is 8.41. The molecular weight excluding hydrogens is 160 g/mol. The molecular formula is C11H16N2. The fraction of sp³-hybridized carbons (Fsp3) is 0.364. The van der Waals surface area contributed by atoms with Crippen LogP contribution in [0.2, 0.25) is 0 Å². The third kappa shape index (κ3) is 3.28. The maximum Gasteiger partial charge on any atom is 0.0590 e. The van der Waals surface area contributed by atoms with Crippen LogP contribution < -0.4 is 5.43 Å². The van der Waals surface area contributed by atoms with Gasteiger partial charge < -0.3 is 0 Å². The summed E-state index contributed by atoms with van der Waals surface area (Å²) in [7, 11) is 0. The van der Waals surface area contributed by atoms with Gasteiger partial charge in [0, 0.05) is 6.21 Å². The Hall–Kier alpha value is -1.31. The van der Waals surface area contributed by atoms with Crippen LogP contribution in [0, 0.1) is 12.8 Å². The van der Waals surface area contributed by atoms with Crippen molar-refractivity contribution in [3.05, 3.63) is 29.8 Å². The lowest BCUT2D eigenvalue weighted by Gasteiger charge is -2.03. The molecule has 2 heteroatoms.